The number of aromatic nitrogens is 2. The molecule has 0 aliphatic carbocycles. The van der Waals surface area contributed by atoms with Crippen LogP contribution in [0.5, 0.6) is 0 Å². The van der Waals surface area contributed by atoms with Crippen LogP contribution in [0.15, 0.2) is 53.1 Å². The predicted octanol–water partition coefficient (Wildman–Crippen LogP) is 2.10. The molecule has 1 aliphatic rings. The molecular weight excluding hydrogens is 382 g/mol. The molecule has 1 fully saturated rings. The molecule has 4 rings (SSSR count). The van der Waals surface area contributed by atoms with Gasteiger partial charge in [0.15, 0.2) is 0 Å². The lowest BCUT2D eigenvalue weighted by Gasteiger charge is -2.34. The van der Waals surface area contributed by atoms with Gasteiger partial charge in [-0.2, -0.15) is 4.98 Å². The summed E-state index contributed by atoms with van der Waals surface area (Å²) in [6.45, 7) is 5.23. The largest absolute Gasteiger partial charge is 0.366 e. The fourth-order valence-corrected chi connectivity index (χ4v) is 3.40. The maximum Gasteiger partial charge on any atom is 0.253 e. The molecule has 0 atom stereocenters. The first-order chi connectivity index (χ1) is 14.5. The number of hydrogen-bond donors (Lipinski definition) is 1. The molecule has 8 nitrogen and oxygen atoms in total. The topological polar surface area (TPSA) is 106 Å². The summed E-state index contributed by atoms with van der Waals surface area (Å²) in [5.74, 6) is 0.588. The molecule has 2 heterocycles. The van der Waals surface area contributed by atoms with Gasteiger partial charge in [0.05, 0.1) is 6.54 Å². The fraction of sp³-hybridized carbons (Fsp3) is 0.273. The van der Waals surface area contributed by atoms with Gasteiger partial charge in [0.1, 0.15) is 0 Å². The fourth-order valence-electron chi connectivity index (χ4n) is 3.40. The molecule has 1 saturated heterocycles. The van der Waals surface area contributed by atoms with Crippen LogP contribution in [0, 0.1) is 6.92 Å². The zero-order chi connectivity index (χ0) is 21.1. The number of hydrogen-bond acceptors (Lipinski definition) is 6. The number of piperazine rings is 1. The second-order valence-corrected chi connectivity index (χ2v) is 7.39. The van der Waals surface area contributed by atoms with E-state index in [0.29, 0.717) is 55.6 Å². The number of benzene rings is 2. The molecular formula is C22H23N5O3. The number of carbonyl (C=O) groups excluding carboxylic acids is 2. The molecule has 8 heteroatoms. The highest BCUT2D eigenvalue weighted by molar-refractivity contribution is 5.97. The quantitative estimate of drug-likeness (QED) is 0.697. The highest BCUT2D eigenvalue weighted by Crippen LogP contribution is 2.18. The van der Waals surface area contributed by atoms with Crippen LogP contribution in [-0.2, 0) is 6.54 Å². The van der Waals surface area contributed by atoms with Crippen molar-refractivity contribution in [2.75, 3.05) is 26.2 Å². The summed E-state index contributed by atoms with van der Waals surface area (Å²) < 4.78 is 5.41. The number of nitrogens with two attached hydrogens (primary N) is 1. The Labute approximate surface area is 174 Å². The van der Waals surface area contributed by atoms with E-state index in [1.54, 1.807) is 29.2 Å². The Bertz CT molecular complexity index is 1040. The van der Waals surface area contributed by atoms with Gasteiger partial charge in [-0.3, -0.25) is 14.5 Å². The van der Waals surface area contributed by atoms with Crippen molar-refractivity contribution in [3.63, 3.8) is 0 Å². The summed E-state index contributed by atoms with van der Waals surface area (Å²) in [6.07, 6.45) is 0. The summed E-state index contributed by atoms with van der Waals surface area (Å²) >= 11 is 0. The SMILES string of the molecule is Cc1ccc(-c2noc(CN3CCN(C(=O)c4ccc(C(N)=O)cc4)CC3)n2)cc1. The van der Waals surface area contributed by atoms with E-state index in [-0.39, 0.29) is 5.91 Å². The van der Waals surface area contributed by atoms with Gasteiger partial charge in [0.2, 0.25) is 17.6 Å². The van der Waals surface area contributed by atoms with Crippen LogP contribution in [-0.4, -0.2) is 57.9 Å². The monoisotopic (exact) mass is 405 g/mol. The van der Waals surface area contributed by atoms with Gasteiger partial charge in [-0.1, -0.05) is 35.0 Å². The van der Waals surface area contributed by atoms with E-state index < -0.39 is 5.91 Å². The first kappa shape index (κ1) is 19.8. The number of primary amides is 1. The van der Waals surface area contributed by atoms with Crippen molar-refractivity contribution in [3.05, 3.63) is 71.1 Å². The number of carbonyl (C=O) groups is 2. The Kier molecular flexibility index (Phi) is 5.58. The third-order valence-corrected chi connectivity index (χ3v) is 5.21. The van der Waals surface area contributed by atoms with Gasteiger partial charge in [-0.15, -0.1) is 0 Å². The molecule has 1 aromatic heterocycles. The van der Waals surface area contributed by atoms with E-state index in [1.807, 2.05) is 31.2 Å². The number of rotatable bonds is 5. The van der Waals surface area contributed by atoms with E-state index in [2.05, 4.69) is 15.0 Å². The van der Waals surface area contributed by atoms with Crippen molar-refractivity contribution < 1.29 is 14.1 Å². The van der Waals surface area contributed by atoms with Gasteiger partial charge in [0.25, 0.3) is 5.91 Å². The minimum atomic E-state index is -0.505. The molecule has 2 amide bonds. The van der Waals surface area contributed by atoms with E-state index in [4.69, 9.17) is 10.3 Å². The minimum absolute atomic E-state index is 0.0508. The van der Waals surface area contributed by atoms with Crippen molar-refractivity contribution in [2.24, 2.45) is 5.73 Å². The summed E-state index contributed by atoms with van der Waals surface area (Å²) in [7, 11) is 0. The molecule has 30 heavy (non-hydrogen) atoms. The lowest BCUT2D eigenvalue weighted by Crippen LogP contribution is -2.48. The zero-order valence-electron chi connectivity index (χ0n) is 16.7. The molecule has 0 radical (unpaired) electrons. The van der Waals surface area contributed by atoms with Crippen molar-refractivity contribution in [2.45, 2.75) is 13.5 Å². The molecule has 0 spiro atoms. The van der Waals surface area contributed by atoms with Gasteiger partial charge in [-0.25, -0.2) is 0 Å². The van der Waals surface area contributed by atoms with Crippen molar-refractivity contribution >= 4 is 11.8 Å². The summed E-state index contributed by atoms with van der Waals surface area (Å²) in [6, 6.07) is 14.4. The average Bonchev–Trinajstić information content (AvgIpc) is 3.23. The Balaban J connectivity index is 1.32. The molecule has 3 aromatic rings. The maximum atomic E-state index is 12.7. The molecule has 2 N–H and O–H groups in total. The van der Waals surface area contributed by atoms with E-state index in [0.717, 1.165) is 5.56 Å². The summed E-state index contributed by atoms with van der Waals surface area (Å²) in [5.41, 5.74) is 8.29. The van der Waals surface area contributed by atoms with E-state index in [1.165, 1.54) is 5.56 Å². The van der Waals surface area contributed by atoms with Crippen LogP contribution in [0.25, 0.3) is 11.4 Å². The Hall–Kier alpha value is -3.52. The average molecular weight is 405 g/mol. The molecule has 0 unspecified atom stereocenters. The normalized spacial score (nSPS) is 14.6. The van der Waals surface area contributed by atoms with Gasteiger partial charge < -0.3 is 15.2 Å². The van der Waals surface area contributed by atoms with Gasteiger partial charge >= 0.3 is 0 Å². The van der Waals surface area contributed by atoms with E-state index in [9.17, 15) is 9.59 Å². The Morgan fingerprint density at radius 2 is 1.60 bits per heavy atom. The highest BCUT2D eigenvalue weighted by Gasteiger charge is 2.23. The van der Waals surface area contributed by atoms with E-state index >= 15 is 0 Å². The van der Waals surface area contributed by atoms with Crippen LogP contribution >= 0.6 is 0 Å². The molecule has 154 valence electrons. The standard InChI is InChI=1S/C22H23N5O3/c1-15-2-4-17(5-3-15)21-24-19(30-25-21)14-26-10-12-27(13-11-26)22(29)18-8-6-16(7-9-18)20(23)28/h2-9H,10-14H2,1H3,(H2,23,28). The third kappa shape index (κ3) is 4.38. The minimum Gasteiger partial charge on any atom is -0.366 e. The first-order valence-corrected chi connectivity index (χ1v) is 9.81. The van der Waals surface area contributed by atoms with Gasteiger partial charge in [-0.05, 0) is 31.2 Å². The zero-order valence-corrected chi connectivity index (χ0v) is 16.7. The van der Waals surface area contributed by atoms with Crippen LogP contribution in [0.3, 0.4) is 0 Å². The lowest BCUT2D eigenvalue weighted by atomic mass is 10.1. The number of amides is 2. The Morgan fingerprint density at radius 3 is 2.23 bits per heavy atom. The van der Waals surface area contributed by atoms with Crippen LogP contribution in [0.2, 0.25) is 0 Å². The lowest BCUT2D eigenvalue weighted by molar-refractivity contribution is 0.0615. The summed E-state index contributed by atoms with van der Waals surface area (Å²) in [5, 5.41) is 4.07. The maximum absolute atomic E-state index is 12.7. The third-order valence-electron chi connectivity index (χ3n) is 5.21. The van der Waals surface area contributed by atoms with Crippen molar-refractivity contribution in [1.82, 2.24) is 19.9 Å². The molecule has 1 aliphatic heterocycles. The second-order valence-electron chi connectivity index (χ2n) is 7.39. The van der Waals surface area contributed by atoms with Crippen molar-refractivity contribution in [1.29, 1.82) is 0 Å². The highest BCUT2D eigenvalue weighted by atomic mass is 16.5. The van der Waals surface area contributed by atoms with Crippen LogP contribution < -0.4 is 5.73 Å². The van der Waals surface area contributed by atoms with Gasteiger partial charge in [0, 0.05) is 42.9 Å². The first-order valence-electron chi connectivity index (χ1n) is 9.81. The smallest absolute Gasteiger partial charge is 0.253 e. The number of nitrogens with zero attached hydrogens (tertiary/aromatic N) is 4. The van der Waals surface area contributed by atoms with Crippen LogP contribution in [0.1, 0.15) is 32.2 Å². The molecule has 0 saturated carbocycles. The van der Waals surface area contributed by atoms with Crippen LogP contribution in [0.4, 0.5) is 0 Å². The predicted molar refractivity (Wildman–Crippen MR) is 111 cm³/mol. The summed E-state index contributed by atoms with van der Waals surface area (Å²) in [4.78, 5) is 32.3. The molecule has 2 aromatic carbocycles. The second kappa shape index (κ2) is 8.46. The van der Waals surface area contributed by atoms with Crippen molar-refractivity contribution in [3.8, 4) is 11.4 Å². The molecule has 0 bridgehead atoms. The number of aryl methyl sites for hydroxylation is 1. The Morgan fingerprint density at radius 1 is 0.967 bits per heavy atom.